The molecular formula is C20H36N2O2S. The average molecular weight is 369 g/mol. The van der Waals surface area contributed by atoms with Crippen molar-refractivity contribution in [1.82, 2.24) is 9.80 Å². The summed E-state index contributed by atoms with van der Waals surface area (Å²) >= 11 is 1.75. The van der Waals surface area contributed by atoms with Crippen molar-refractivity contribution in [3.63, 3.8) is 0 Å². The monoisotopic (exact) mass is 368 g/mol. The van der Waals surface area contributed by atoms with Crippen molar-refractivity contribution >= 4 is 23.6 Å². The van der Waals surface area contributed by atoms with E-state index in [1.165, 1.54) is 12.8 Å². The Morgan fingerprint density at radius 2 is 1.04 bits per heavy atom. The maximum Gasteiger partial charge on any atom is 0.223 e. The Kier molecular flexibility index (Phi) is 8.11. The van der Waals surface area contributed by atoms with E-state index >= 15 is 0 Å². The van der Waals surface area contributed by atoms with Gasteiger partial charge in [0.2, 0.25) is 11.8 Å². The molecule has 0 bridgehead atoms. The molecule has 2 rings (SSSR count). The first-order valence-corrected chi connectivity index (χ1v) is 11.3. The summed E-state index contributed by atoms with van der Waals surface area (Å²) in [5.74, 6) is 2.23. The van der Waals surface area contributed by atoms with E-state index in [1.807, 2.05) is 0 Å². The number of carbonyl (C=O) groups is 2. The first kappa shape index (κ1) is 20.6. The summed E-state index contributed by atoms with van der Waals surface area (Å²) in [5.41, 5.74) is 0. The van der Waals surface area contributed by atoms with Crippen LogP contribution in [0.25, 0.3) is 0 Å². The lowest BCUT2D eigenvalue weighted by atomic mass is 9.97. The number of thioether (sulfide) groups is 1. The Balaban J connectivity index is 1.65. The molecule has 144 valence electrons. The molecule has 0 radical (unpaired) electrons. The van der Waals surface area contributed by atoms with E-state index in [-0.39, 0.29) is 11.8 Å². The largest absolute Gasteiger partial charge is 0.337 e. The van der Waals surface area contributed by atoms with E-state index in [1.54, 1.807) is 11.8 Å². The number of hydrogen-bond donors (Lipinski definition) is 0. The summed E-state index contributed by atoms with van der Waals surface area (Å²) in [7, 11) is 0. The summed E-state index contributed by atoms with van der Waals surface area (Å²) in [6.07, 6.45) is 8.18. The molecule has 0 spiro atoms. The van der Waals surface area contributed by atoms with Gasteiger partial charge in [-0.2, -0.15) is 11.8 Å². The van der Waals surface area contributed by atoms with E-state index < -0.39 is 0 Å². The van der Waals surface area contributed by atoms with Gasteiger partial charge in [-0.05, 0) is 66.2 Å². The van der Waals surface area contributed by atoms with Crippen LogP contribution in [-0.2, 0) is 9.59 Å². The Labute approximate surface area is 158 Å². The molecule has 2 saturated heterocycles. The van der Waals surface area contributed by atoms with Gasteiger partial charge in [-0.25, -0.2) is 0 Å². The lowest BCUT2D eigenvalue weighted by Crippen LogP contribution is -2.47. The van der Waals surface area contributed by atoms with Crippen molar-refractivity contribution in [3.05, 3.63) is 0 Å². The van der Waals surface area contributed by atoms with Crippen molar-refractivity contribution in [2.75, 3.05) is 11.5 Å². The number of piperidine rings is 2. The second-order valence-corrected chi connectivity index (χ2v) is 9.20. The van der Waals surface area contributed by atoms with E-state index in [0.717, 1.165) is 37.2 Å². The van der Waals surface area contributed by atoms with Crippen LogP contribution in [0.4, 0.5) is 0 Å². The van der Waals surface area contributed by atoms with Gasteiger partial charge in [-0.15, -0.1) is 0 Å². The number of rotatable bonds is 6. The minimum atomic E-state index is 0.289. The van der Waals surface area contributed by atoms with Crippen LogP contribution in [-0.4, -0.2) is 57.3 Å². The molecule has 4 unspecified atom stereocenters. The van der Waals surface area contributed by atoms with Crippen LogP contribution in [0.2, 0.25) is 0 Å². The van der Waals surface area contributed by atoms with Gasteiger partial charge in [0.1, 0.15) is 0 Å². The third-order valence-corrected chi connectivity index (χ3v) is 6.87. The SMILES string of the molecule is CC1CCCC(C)N1C(=O)CCSCCC(=O)N1C(C)CCCC1C. The zero-order valence-electron chi connectivity index (χ0n) is 16.5. The lowest BCUT2D eigenvalue weighted by Gasteiger charge is -2.39. The van der Waals surface area contributed by atoms with Crippen LogP contribution in [0.3, 0.4) is 0 Å². The van der Waals surface area contributed by atoms with Crippen molar-refractivity contribution < 1.29 is 9.59 Å². The lowest BCUT2D eigenvalue weighted by molar-refractivity contribution is -0.137. The topological polar surface area (TPSA) is 40.6 Å². The third kappa shape index (κ3) is 5.63. The fraction of sp³-hybridized carbons (Fsp3) is 0.900. The van der Waals surface area contributed by atoms with Crippen LogP contribution in [0, 0.1) is 0 Å². The van der Waals surface area contributed by atoms with Gasteiger partial charge in [0.05, 0.1) is 0 Å². The standard InChI is InChI=1S/C20H36N2O2S/c1-15-7-5-8-16(2)21(15)19(23)11-13-25-14-12-20(24)22-17(3)9-6-10-18(22)4/h15-18H,5-14H2,1-4H3. The fourth-order valence-electron chi connectivity index (χ4n) is 4.50. The van der Waals surface area contributed by atoms with E-state index in [2.05, 4.69) is 37.5 Å². The Morgan fingerprint density at radius 1 is 0.720 bits per heavy atom. The predicted octanol–water partition coefficient (Wildman–Crippen LogP) is 4.08. The van der Waals surface area contributed by atoms with Crippen LogP contribution in [0.15, 0.2) is 0 Å². The van der Waals surface area contributed by atoms with Gasteiger partial charge in [0.25, 0.3) is 0 Å². The second-order valence-electron chi connectivity index (χ2n) is 7.97. The quantitative estimate of drug-likeness (QED) is 0.663. The Bertz CT molecular complexity index is 397. The fourth-order valence-corrected chi connectivity index (χ4v) is 5.35. The Hall–Kier alpha value is -0.710. The van der Waals surface area contributed by atoms with Crippen LogP contribution >= 0.6 is 11.8 Å². The van der Waals surface area contributed by atoms with E-state index in [0.29, 0.717) is 37.0 Å². The highest BCUT2D eigenvalue weighted by atomic mass is 32.2. The molecule has 4 atom stereocenters. The van der Waals surface area contributed by atoms with Gasteiger partial charge in [-0.1, -0.05) is 0 Å². The highest BCUT2D eigenvalue weighted by molar-refractivity contribution is 7.99. The van der Waals surface area contributed by atoms with Gasteiger partial charge in [-0.3, -0.25) is 9.59 Å². The zero-order valence-corrected chi connectivity index (χ0v) is 17.3. The van der Waals surface area contributed by atoms with Gasteiger partial charge < -0.3 is 9.80 Å². The molecule has 0 aromatic rings. The van der Waals surface area contributed by atoms with Crippen molar-refractivity contribution in [1.29, 1.82) is 0 Å². The number of hydrogen-bond acceptors (Lipinski definition) is 3. The van der Waals surface area contributed by atoms with Crippen LogP contribution in [0.1, 0.15) is 79.1 Å². The normalized spacial score (nSPS) is 30.4. The second kappa shape index (κ2) is 9.84. The van der Waals surface area contributed by atoms with E-state index in [4.69, 9.17) is 0 Å². The predicted molar refractivity (Wildman–Crippen MR) is 106 cm³/mol. The van der Waals surface area contributed by atoms with Gasteiger partial charge in [0, 0.05) is 48.5 Å². The summed E-state index contributed by atoms with van der Waals surface area (Å²) in [4.78, 5) is 29.2. The molecule has 0 saturated carbocycles. The molecule has 0 aromatic heterocycles. The molecule has 2 fully saturated rings. The van der Waals surface area contributed by atoms with Crippen LogP contribution < -0.4 is 0 Å². The van der Waals surface area contributed by atoms with Gasteiger partial charge >= 0.3 is 0 Å². The molecule has 4 nitrogen and oxygen atoms in total. The molecule has 2 amide bonds. The molecule has 2 aliphatic rings. The first-order chi connectivity index (χ1) is 11.9. The molecule has 25 heavy (non-hydrogen) atoms. The third-order valence-electron chi connectivity index (χ3n) is 5.88. The minimum Gasteiger partial charge on any atom is -0.337 e. The number of carbonyl (C=O) groups excluding carboxylic acids is 2. The molecule has 5 heteroatoms. The highest BCUT2D eigenvalue weighted by Gasteiger charge is 2.29. The first-order valence-electron chi connectivity index (χ1n) is 10.1. The minimum absolute atomic E-state index is 0.289. The highest BCUT2D eigenvalue weighted by Crippen LogP contribution is 2.25. The summed E-state index contributed by atoms with van der Waals surface area (Å²) in [6.45, 7) is 8.67. The number of likely N-dealkylation sites (tertiary alicyclic amines) is 2. The van der Waals surface area contributed by atoms with Gasteiger partial charge in [0.15, 0.2) is 0 Å². The summed E-state index contributed by atoms with van der Waals surface area (Å²) in [6, 6.07) is 1.52. The van der Waals surface area contributed by atoms with E-state index in [9.17, 15) is 9.59 Å². The Morgan fingerprint density at radius 3 is 1.36 bits per heavy atom. The number of amides is 2. The van der Waals surface area contributed by atoms with Crippen molar-refractivity contribution in [3.8, 4) is 0 Å². The van der Waals surface area contributed by atoms with Crippen molar-refractivity contribution in [2.45, 2.75) is 103 Å². The van der Waals surface area contributed by atoms with Crippen LogP contribution in [0.5, 0.6) is 0 Å². The molecule has 2 heterocycles. The molecule has 0 aliphatic carbocycles. The maximum absolute atomic E-state index is 12.5. The summed E-state index contributed by atoms with van der Waals surface area (Å²) in [5, 5.41) is 0. The molecule has 0 aromatic carbocycles. The summed E-state index contributed by atoms with van der Waals surface area (Å²) < 4.78 is 0. The molecule has 2 aliphatic heterocycles. The number of nitrogens with zero attached hydrogens (tertiary/aromatic N) is 2. The molecular weight excluding hydrogens is 332 g/mol. The van der Waals surface area contributed by atoms with Crippen molar-refractivity contribution in [2.24, 2.45) is 0 Å². The average Bonchev–Trinajstić information content (AvgIpc) is 2.54. The smallest absolute Gasteiger partial charge is 0.223 e. The zero-order chi connectivity index (χ0) is 18.4. The molecule has 0 N–H and O–H groups in total. The maximum atomic E-state index is 12.5.